The molecule has 0 spiro atoms. The second kappa shape index (κ2) is 5.46. The Morgan fingerprint density at radius 3 is 2.10 bits per heavy atom. The van der Waals surface area contributed by atoms with Gasteiger partial charge >= 0.3 is 0 Å². The predicted molar refractivity (Wildman–Crippen MR) is 68.7 cm³/mol. The molecule has 0 saturated carbocycles. The molecule has 0 radical (unpaired) electrons. The Bertz CT molecular complexity index is 667. The monoisotopic (exact) mass is 301 g/mol. The molecule has 0 saturated heterocycles. The lowest BCUT2D eigenvalue weighted by molar-refractivity contribution is 0.384. The summed E-state index contributed by atoms with van der Waals surface area (Å²) in [5.74, 6) is -5.51. The van der Waals surface area contributed by atoms with Gasteiger partial charge in [0.25, 0.3) is 0 Å². The van der Waals surface area contributed by atoms with Gasteiger partial charge in [-0.2, -0.15) is 0 Å². The van der Waals surface area contributed by atoms with Crippen LogP contribution in [0.2, 0.25) is 0 Å². The van der Waals surface area contributed by atoms with Crippen molar-refractivity contribution in [3.63, 3.8) is 0 Å². The summed E-state index contributed by atoms with van der Waals surface area (Å²) < 4.78 is 58.4. The Balaban J connectivity index is 2.44. The van der Waals surface area contributed by atoms with Crippen molar-refractivity contribution in [2.24, 2.45) is 5.73 Å². The summed E-state index contributed by atoms with van der Waals surface area (Å²) in [5, 5.41) is 0. The summed E-state index contributed by atoms with van der Waals surface area (Å²) in [6.07, 6.45) is 0. The lowest BCUT2D eigenvalue weighted by atomic mass is 10.2. The molecule has 0 bridgehead atoms. The lowest BCUT2D eigenvalue weighted by Gasteiger charge is -2.10. The molecule has 0 aliphatic carbocycles. The molecule has 0 unspecified atom stereocenters. The second-order valence-electron chi connectivity index (χ2n) is 3.81. The number of thiocarbonyl (C=S) groups is 1. The molecule has 2 aromatic carbocycles. The van der Waals surface area contributed by atoms with Gasteiger partial charge in [-0.05, 0) is 24.3 Å². The molecule has 2 rings (SSSR count). The first kappa shape index (κ1) is 14.3. The maximum Gasteiger partial charge on any atom is 0.198 e. The van der Waals surface area contributed by atoms with Crippen molar-refractivity contribution < 1.29 is 22.3 Å². The van der Waals surface area contributed by atoms with Crippen molar-refractivity contribution in [3.05, 3.63) is 59.2 Å². The Morgan fingerprint density at radius 1 is 0.950 bits per heavy atom. The quantitative estimate of drug-likeness (QED) is 0.694. The van der Waals surface area contributed by atoms with Crippen LogP contribution in [0.4, 0.5) is 17.6 Å². The van der Waals surface area contributed by atoms with Crippen molar-refractivity contribution in [1.82, 2.24) is 0 Å². The fourth-order valence-corrected chi connectivity index (χ4v) is 1.58. The average molecular weight is 301 g/mol. The number of halogens is 4. The van der Waals surface area contributed by atoms with Crippen molar-refractivity contribution in [3.8, 4) is 11.5 Å². The fourth-order valence-electron chi connectivity index (χ4n) is 1.47. The maximum atomic E-state index is 13.7. The highest BCUT2D eigenvalue weighted by atomic mass is 32.1. The molecule has 0 heterocycles. The molecule has 0 atom stereocenters. The van der Waals surface area contributed by atoms with E-state index < -0.39 is 34.8 Å². The third kappa shape index (κ3) is 2.88. The van der Waals surface area contributed by atoms with Crippen LogP contribution in [0.25, 0.3) is 0 Å². The number of ether oxygens (including phenoxy) is 1. The molecule has 0 aliphatic rings. The highest BCUT2D eigenvalue weighted by Gasteiger charge is 2.17. The van der Waals surface area contributed by atoms with Gasteiger partial charge in [-0.15, -0.1) is 0 Å². The largest absolute Gasteiger partial charge is 0.448 e. The fraction of sp³-hybridized carbons (Fsp3) is 0. The van der Waals surface area contributed by atoms with Gasteiger partial charge in [0, 0.05) is 11.6 Å². The zero-order chi connectivity index (χ0) is 14.9. The highest BCUT2D eigenvalue weighted by Crippen LogP contribution is 2.30. The zero-order valence-corrected chi connectivity index (χ0v) is 10.6. The Labute approximate surface area is 116 Å². The molecule has 0 aromatic heterocycles. The standard InChI is InChI=1S/C13H7F4NOS/c14-7-1-2-8(15)11(5-7)19-12-9(16)3-6(13(18)20)4-10(12)17/h1-5H,(H2,18,20). The summed E-state index contributed by atoms with van der Waals surface area (Å²) in [7, 11) is 0. The van der Waals surface area contributed by atoms with Gasteiger partial charge in [-0.25, -0.2) is 17.6 Å². The smallest absolute Gasteiger partial charge is 0.198 e. The summed E-state index contributed by atoms with van der Waals surface area (Å²) in [6, 6.07) is 4.00. The molecule has 7 heteroatoms. The second-order valence-corrected chi connectivity index (χ2v) is 4.25. The molecule has 0 amide bonds. The third-order valence-electron chi connectivity index (χ3n) is 2.39. The van der Waals surface area contributed by atoms with Crippen molar-refractivity contribution >= 4 is 17.2 Å². The van der Waals surface area contributed by atoms with E-state index in [2.05, 4.69) is 12.2 Å². The average Bonchev–Trinajstić information content (AvgIpc) is 2.37. The van der Waals surface area contributed by atoms with Crippen molar-refractivity contribution in [1.29, 1.82) is 0 Å². The summed E-state index contributed by atoms with van der Waals surface area (Å²) in [4.78, 5) is -0.203. The number of nitrogens with two attached hydrogens (primary N) is 1. The van der Waals surface area contributed by atoms with Crippen LogP contribution in [0.1, 0.15) is 5.56 Å². The van der Waals surface area contributed by atoms with E-state index in [0.29, 0.717) is 6.07 Å². The molecule has 20 heavy (non-hydrogen) atoms. The molecular weight excluding hydrogens is 294 g/mol. The lowest BCUT2D eigenvalue weighted by Crippen LogP contribution is -2.10. The van der Waals surface area contributed by atoms with E-state index in [1.807, 2.05) is 0 Å². The van der Waals surface area contributed by atoms with Gasteiger partial charge in [0.15, 0.2) is 29.0 Å². The third-order valence-corrected chi connectivity index (χ3v) is 2.62. The van der Waals surface area contributed by atoms with Gasteiger partial charge in [-0.3, -0.25) is 0 Å². The maximum absolute atomic E-state index is 13.7. The highest BCUT2D eigenvalue weighted by molar-refractivity contribution is 7.80. The first-order valence-corrected chi connectivity index (χ1v) is 5.71. The topological polar surface area (TPSA) is 35.2 Å². The number of hydrogen-bond donors (Lipinski definition) is 1. The van der Waals surface area contributed by atoms with Crippen LogP contribution in [0.3, 0.4) is 0 Å². The first-order valence-electron chi connectivity index (χ1n) is 5.30. The predicted octanol–water partition coefficient (Wildman–Crippen LogP) is 3.67. The first-order chi connectivity index (χ1) is 9.38. The molecular formula is C13H7F4NOS. The van der Waals surface area contributed by atoms with Gasteiger partial charge in [0.05, 0.1) is 0 Å². The number of hydrogen-bond acceptors (Lipinski definition) is 2. The van der Waals surface area contributed by atoms with Gasteiger partial charge < -0.3 is 10.5 Å². The summed E-state index contributed by atoms with van der Waals surface area (Å²) in [5.41, 5.74) is 5.21. The SMILES string of the molecule is NC(=S)c1cc(F)c(Oc2cc(F)ccc2F)c(F)c1. The van der Waals surface area contributed by atoms with Crippen LogP contribution in [0.5, 0.6) is 11.5 Å². The van der Waals surface area contributed by atoms with Crippen LogP contribution < -0.4 is 10.5 Å². The number of rotatable bonds is 3. The van der Waals surface area contributed by atoms with E-state index in [1.165, 1.54) is 0 Å². The van der Waals surface area contributed by atoms with Crippen LogP contribution in [-0.4, -0.2) is 4.99 Å². The molecule has 0 aliphatic heterocycles. The minimum absolute atomic E-state index is 0.0398. The van der Waals surface area contributed by atoms with E-state index in [1.54, 1.807) is 0 Å². The molecule has 2 N–H and O–H groups in total. The van der Waals surface area contributed by atoms with Gasteiger partial charge in [-0.1, -0.05) is 12.2 Å². The van der Waals surface area contributed by atoms with Crippen molar-refractivity contribution in [2.75, 3.05) is 0 Å². The molecule has 2 nitrogen and oxygen atoms in total. The van der Waals surface area contributed by atoms with E-state index in [9.17, 15) is 17.6 Å². The summed E-state index contributed by atoms with van der Waals surface area (Å²) >= 11 is 4.59. The van der Waals surface area contributed by atoms with Crippen LogP contribution in [0.15, 0.2) is 30.3 Å². The van der Waals surface area contributed by atoms with Gasteiger partial charge in [0.2, 0.25) is 0 Å². The van der Waals surface area contributed by atoms with Crippen LogP contribution >= 0.6 is 12.2 Å². The molecule has 104 valence electrons. The van der Waals surface area contributed by atoms with E-state index >= 15 is 0 Å². The van der Waals surface area contributed by atoms with Crippen molar-refractivity contribution in [2.45, 2.75) is 0 Å². The Morgan fingerprint density at radius 2 is 1.55 bits per heavy atom. The Kier molecular flexibility index (Phi) is 3.89. The zero-order valence-electron chi connectivity index (χ0n) is 9.79. The number of benzene rings is 2. The normalized spacial score (nSPS) is 10.4. The van der Waals surface area contributed by atoms with Crippen LogP contribution in [-0.2, 0) is 0 Å². The van der Waals surface area contributed by atoms with E-state index in [4.69, 9.17) is 10.5 Å². The minimum atomic E-state index is -1.13. The van der Waals surface area contributed by atoms with Gasteiger partial charge in [0.1, 0.15) is 10.8 Å². The molecule has 2 aromatic rings. The molecule has 0 fully saturated rings. The van der Waals surface area contributed by atoms with Crippen LogP contribution in [0, 0.1) is 23.3 Å². The summed E-state index contributed by atoms with van der Waals surface area (Å²) in [6.45, 7) is 0. The van der Waals surface area contributed by atoms with E-state index in [0.717, 1.165) is 24.3 Å². The Hall–Kier alpha value is -2.15. The minimum Gasteiger partial charge on any atom is -0.448 e. The van der Waals surface area contributed by atoms with E-state index in [-0.39, 0.29) is 10.6 Å².